The van der Waals surface area contributed by atoms with Gasteiger partial charge in [-0.05, 0) is 19.8 Å². The Hall–Kier alpha value is -1.56. The molecule has 1 fully saturated rings. The quantitative estimate of drug-likeness (QED) is 0.877. The molecule has 0 aliphatic carbocycles. The van der Waals surface area contributed by atoms with E-state index < -0.39 is 0 Å². The number of piperidine rings is 1. The van der Waals surface area contributed by atoms with Gasteiger partial charge in [-0.25, -0.2) is 4.79 Å². The monoisotopic (exact) mass is 266 g/mol. The third-order valence-corrected chi connectivity index (χ3v) is 3.14. The number of aryl methyl sites for hydroxylation is 1. The highest BCUT2D eigenvalue weighted by molar-refractivity contribution is 5.88. The molecule has 6 nitrogen and oxygen atoms in total. The number of nitrogens with one attached hydrogen (secondary N) is 2. The minimum atomic E-state index is -0.108. The highest BCUT2D eigenvalue weighted by atomic mass is 16.5. The molecule has 0 bridgehead atoms. The van der Waals surface area contributed by atoms with Gasteiger partial charge in [0.1, 0.15) is 5.76 Å². The lowest BCUT2D eigenvalue weighted by Crippen LogP contribution is -2.50. The van der Waals surface area contributed by atoms with Crippen molar-refractivity contribution in [2.45, 2.75) is 45.7 Å². The van der Waals surface area contributed by atoms with Crippen LogP contribution in [0.25, 0.3) is 0 Å². The highest BCUT2D eigenvalue weighted by Crippen LogP contribution is 2.13. The van der Waals surface area contributed by atoms with E-state index >= 15 is 0 Å². The summed E-state index contributed by atoms with van der Waals surface area (Å²) in [5.74, 6) is 1.16. The molecule has 2 amide bonds. The smallest absolute Gasteiger partial charge is 0.323 e. The van der Waals surface area contributed by atoms with Gasteiger partial charge in [0.25, 0.3) is 0 Å². The lowest BCUT2D eigenvalue weighted by molar-refractivity contribution is 0.183. The number of hydrogen-bond donors (Lipinski definition) is 2. The van der Waals surface area contributed by atoms with E-state index in [0.717, 1.165) is 25.9 Å². The minimum absolute atomic E-state index is 0.108. The van der Waals surface area contributed by atoms with Crippen molar-refractivity contribution in [3.63, 3.8) is 0 Å². The second-order valence-corrected chi connectivity index (χ2v) is 5.36. The van der Waals surface area contributed by atoms with Crippen LogP contribution in [0.5, 0.6) is 0 Å². The number of hydrogen-bond acceptors (Lipinski definition) is 4. The molecular formula is C13H22N4O2. The first-order valence-corrected chi connectivity index (χ1v) is 6.80. The molecule has 2 heterocycles. The van der Waals surface area contributed by atoms with Gasteiger partial charge in [0.2, 0.25) is 0 Å². The van der Waals surface area contributed by atoms with Crippen molar-refractivity contribution in [2.75, 3.05) is 18.4 Å². The number of likely N-dealkylation sites (tertiary alicyclic amines) is 1. The zero-order valence-electron chi connectivity index (χ0n) is 11.8. The Labute approximate surface area is 113 Å². The van der Waals surface area contributed by atoms with Gasteiger partial charge in [-0.2, -0.15) is 0 Å². The molecule has 1 aromatic heterocycles. The van der Waals surface area contributed by atoms with Crippen LogP contribution in [0.1, 0.15) is 32.4 Å². The lowest BCUT2D eigenvalue weighted by Gasteiger charge is -2.34. The number of anilines is 1. The minimum Gasteiger partial charge on any atom is -0.360 e. The first-order chi connectivity index (χ1) is 9.04. The Morgan fingerprint density at radius 2 is 2.37 bits per heavy atom. The first-order valence-electron chi connectivity index (χ1n) is 6.80. The molecular weight excluding hydrogens is 244 g/mol. The Balaban J connectivity index is 1.88. The maximum Gasteiger partial charge on any atom is 0.323 e. The Bertz CT molecular complexity index is 430. The van der Waals surface area contributed by atoms with Crippen LogP contribution in [0, 0.1) is 6.92 Å². The van der Waals surface area contributed by atoms with Gasteiger partial charge in [-0.3, -0.25) is 5.32 Å². The van der Waals surface area contributed by atoms with Crippen LogP contribution in [-0.4, -0.2) is 41.3 Å². The molecule has 6 heteroatoms. The maximum absolute atomic E-state index is 12.1. The van der Waals surface area contributed by atoms with Crippen molar-refractivity contribution in [3.05, 3.63) is 11.8 Å². The summed E-state index contributed by atoms with van der Waals surface area (Å²) in [6.45, 7) is 7.57. The Kier molecular flexibility index (Phi) is 4.42. The fraction of sp³-hybridized carbons (Fsp3) is 0.692. The Morgan fingerprint density at radius 1 is 1.58 bits per heavy atom. The third kappa shape index (κ3) is 3.96. The van der Waals surface area contributed by atoms with Crippen LogP contribution < -0.4 is 10.6 Å². The molecule has 0 radical (unpaired) electrons. The van der Waals surface area contributed by atoms with Gasteiger partial charge < -0.3 is 14.7 Å². The molecule has 1 unspecified atom stereocenters. The zero-order chi connectivity index (χ0) is 13.8. The predicted molar refractivity (Wildman–Crippen MR) is 73.1 cm³/mol. The molecule has 1 saturated heterocycles. The fourth-order valence-electron chi connectivity index (χ4n) is 2.38. The van der Waals surface area contributed by atoms with E-state index in [1.165, 1.54) is 0 Å². The summed E-state index contributed by atoms with van der Waals surface area (Å²) < 4.78 is 4.93. The molecule has 2 N–H and O–H groups in total. The predicted octanol–water partition coefficient (Wildman–Crippen LogP) is 1.98. The molecule has 19 heavy (non-hydrogen) atoms. The summed E-state index contributed by atoms with van der Waals surface area (Å²) in [5, 5.41) is 10.0. The average Bonchev–Trinajstić information content (AvgIpc) is 2.74. The highest BCUT2D eigenvalue weighted by Gasteiger charge is 2.24. The summed E-state index contributed by atoms with van der Waals surface area (Å²) in [7, 11) is 0. The van der Waals surface area contributed by atoms with Crippen molar-refractivity contribution >= 4 is 11.8 Å². The topological polar surface area (TPSA) is 70.4 Å². The van der Waals surface area contributed by atoms with E-state index in [-0.39, 0.29) is 6.03 Å². The first kappa shape index (κ1) is 13.9. The van der Waals surface area contributed by atoms with Gasteiger partial charge >= 0.3 is 6.03 Å². The number of carbonyl (C=O) groups is 1. The SMILES string of the molecule is Cc1cc(NC(=O)N2CCCC(NC(C)C)C2)no1. The van der Waals surface area contributed by atoms with E-state index in [4.69, 9.17) is 4.52 Å². The van der Waals surface area contributed by atoms with Crippen LogP contribution >= 0.6 is 0 Å². The molecule has 2 rings (SSSR count). The maximum atomic E-state index is 12.1. The average molecular weight is 266 g/mol. The molecule has 1 aliphatic heterocycles. The van der Waals surface area contributed by atoms with Crippen LogP contribution in [0.3, 0.4) is 0 Å². The second-order valence-electron chi connectivity index (χ2n) is 5.36. The van der Waals surface area contributed by atoms with Gasteiger partial charge in [0, 0.05) is 31.2 Å². The van der Waals surface area contributed by atoms with E-state index in [1.807, 2.05) is 4.90 Å². The molecule has 1 atom stereocenters. The van der Waals surface area contributed by atoms with Crippen LogP contribution in [0.15, 0.2) is 10.6 Å². The summed E-state index contributed by atoms with van der Waals surface area (Å²) in [6, 6.07) is 2.42. The van der Waals surface area contributed by atoms with Gasteiger partial charge in [0.15, 0.2) is 5.82 Å². The van der Waals surface area contributed by atoms with Crippen molar-refractivity contribution in [1.29, 1.82) is 0 Å². The lowest BCUT2D eigenvalue weighted by atomic mass is 10.1. The van der Waals surface area contributed by atoms with Crippen molar-refractivity contribution in [1.82, 2.24) is 15.4 Å². The Morgan fingerprint density at radius 3 is 3.00 bits per heavy atom. The third-order valence-electron chi connectivity index (χ3n) is 3.14. The molecule has 1 aliphatic rings. The number of rotatable bonds is 3. The summed E-state index contributed by atoms with van der Waals surface area (Å²) in [4.78, 5) is 13.9. The standard InChI is InChI=1S/C13H22N4O2/c1-9(2)14-11-5-4-6-17(8-11)13(18)15-12-7-10(3)19-16-12/h7,9,11,14H,4-6,8H2,1-3H3,(H,15,16,18). The van der Waals surface area contributed by atoms with Crippen molar-refractivity contribution < 1.29 is 9.32 Å². The van der Waals surface area contributed by atoms with Gasteiger partial charge in [-0.15, -0.1) is 0 Å². The number of amides is 2. The fourth-order valence-corrected chi connectivity index (χ4v) is 2.38. The van der Waals surface area contributed by atoms with Crippen molar-refractivity contribution in [2.24, 2.45) is 0 Å². The van der Waals surface area contributed by atoms with Crippen molar-refractivity contribution in [3.8, 4) is 0 Å². The van der Waals surface area contributed by atoms with E-state index in [2.05, 4.69) is 29.6 Å². The van der Waals surface area contributed by atoms with Crippen LogP contribution in [-0.2, 0) is 0 Å². The number of carbonyl (C=O) groups excluding carboxylic acids is 1. The normalized spacial score (nSPS) is 19.8. The molecule has 0 saturated carbocycles. The van der Waals surface area contributed by atoms with Crippen LogP contribution in [0.4, 0.5) is 10.6 Å². The molecule has 0 aromatic carbocycles. The largest absolute Gasteiger partial charge is 0.360 e. The second kappa shape index (κ2) is 6.06. The summed E-state index contributed by atoms with van der Waals surface area (Å²) in [6.07, 6.45) is 2.14. The van der Waals surface area contributed by atoms with Gasteiger partial charge in [-0.1, -0.05) is 19.0 Å². The van der Waals surface area contributed by atoms with Crippen LogP contribution in [0.2, 0.25) is 0 Å². The molecule has 0 spiro atoms. The van der Waals surface area contributed by atoms with E-state index in [1.54, 1.807) is 13.0 Å². The number of nitrogens with zero attached hydrogens (tertiary/aromatic N) is 2. The van der Waals surface area contributed by atoms with E-state index in [9.17, 15) is 4.79 Å². The van der Waals surface area contributed by atoms with E-state index in [0.29, 0.717) is 23.7 Å². The summed E-state index contributed by atoms with van der Waals surface area (Å²) in [5.41, 5.74) is 0. The summed E-state index contributed by atoms with van der Waals surface area (Å²) >= 11 is 0. The molecule has 106 valence electrons. The number of aromatic nitrogens is 1. The number of urea groups is 1. The van der Waals surface area contributed by atoms with Gasteiger partial charge in [0.05, 0.1) is 0 Å². The molecule has 1 aromatic rings. The zero-order valence-corrected chi connectivity index (χ0v) is 11.8.